The zero-order chi connectivity index (χ0) is 19.1. The highest BCUT2D eigenvalue weighted by atomic mass is 35.5. The van der Waals surface area contributed by atoms with E-state index >= 15 is 0 Å². The van der Waals surface area contributed by atoms with Crippen LogP contribution in [0.3, 0.4) is 0 Å². The number of hydrogen-bond donors (Lipinski definition) is 1. The van der Waals surface area contributed by atoms with Crippen molar-refractivity contribution in [1.29, 1.82) is 0 Å². The molecular formula is C21H20ClNO4. The minimum atomic E-state index is -0.263. The number of hydrogen-bond acceptors (Lipinski definition) is 4. The first-order chi connectivity index (χ1) is 13.2. The van der Waals surface area contributed by atoms with E-state index in [0.29, 0.717) is 35.2 Å². The van der Waals surface area contributed by atoms with E-state index in [9.17, 15) is 4.79 Å². The average Bonchev–Trinajstić information content (AvgIpc) is 3.16. The van der Waals surface area contributed by atoms with Crippen LogP contribution in [0.15, 0.2) is 65.1 Å². The van der Waals surface area contributed by atoms with E-state index < -0.39 is 0 Å². The van der Waals surface area contributed by atoms with Crippen LogP contribution in [-0.2, 0) is 13.0 Å². The Morgan fingerprint density at radius 2 is 1.89 bits per heavy atom. The van der Waals surface area contributed by atoms with Crippen LogP contribution < -0.4 is 14.8 Å². The summed E-state index contributed by atoms with van der Waals surface area (Å²) in [6.45, 7) is 0.698. The zero-order valence-electron chi connectivity index (χ0n) is 14.9. The SMILES string of the molecule is COc1ccccc1OCc1ccc(C(=O)NCCc2cccc(Cl)c2)o1. The highest BCUT2D eigenvalue weighted by molar-refractivity contribution is 6.30. The number of benzene rings is 2. The minimum Gasteiger partial charge on any atom is -0.493 e. The normalized spacial score (nSPS) is 10.4. The maximum absolute atomic E-state index is 12.2. The summed E-state index contributed by atoms with van der Waals surface area (Å²) in [5.74, 6) is 1.80. The maximum Gasteiger partial charge on any atom is 0.287 e. The minimum absolute atomic E-state index is 0.205. The van der Waals surface area contributed by atoms with E-state index in [1.165, 1.54) is 0 Å². The quantitative estimate of drug-likeness (QED) is 0.620. The van der Waals surface area contributed by atoms with Gasteiger partial charge in [0.15, 0.2) is 17.3 Å². The molecule has 0 spiro atoms. The second kappa shape index (κ2) is 9.14. The molecule has 0 saturated carbocycles. The van der Waals surface area contributed by atoms with Crippen LogP contribution in [0.5, 0.6) is 11.5 Å². The van der Waals surface area contributed by atoms with Crippen LogP contribution in [0.1, 0.15) is 21.9 Å². The number of carbonyl (C=O) groups excluding carboxylic acids is 1. The molecular weight excluding hydrogens is 366 g/mol. The van der Waals surface area contributed by atoms with Crippen molar-refractivity contribution in [2.24, 2.45) is 0 Å². The summed E-state index contributed by atoms with van der Waals surface area (Å²) >= 11 is 5.96. The molecule has 3 rings (SSSR count). The summed E-state index contributed by atoms with van der Waals surface area (Å²) in [5, 5.41) is 3.52. The first-order valence-corrected chi connectivity index (χ1v) is 8.90. The molecule has 6 heteroatoms. The molecule has 0 saturated heterocycles. The van der Waals surface area contributed by atoms with Gasteiger partial charge >= 0.3 is 0 Å². The van der Waals surface area contributed by atoms with Gasteiger partial charge in [0.05, 0.1) is 7.11 Å². The van der Waals surface area contributed by atoms with Crippen LogP contribution in [0.2, 0.25) is 5.02 Å². The predicted molar refractivity (Wildman–Crippen MR) is 104 cm³/mol. The Kier molecular flexibility index (Phi) is 6.39. The molecule has 27 heavy (non-hydrogen) atoms. The lowest BCUT2D eigenvalue weighted by atomic mass is 10.1. The maximum atomic E-state index is 12.2. The van der Waals surface area contributed by atoms with Crippen molar-refractivity contribution in [3.05, 3.63) is 82.8 Å². The molecule has 0 unspecified atom stereocenters. The Morgan fingerprint density at radius 3 is 2.67 bits per heavy atom. The zero-order valence-corrected chi connectivity index (χ0v) is 15.7. The van der Waals surface area contributed by atoms with Crippen molar-refractivity contribution >= 4 is 17.5 Å². The van der Waals surface area contributed by atoms with Crippen molar-refractivity contribution in [2.75, 3.05) is 13.7 Å². The van der Waals surface area contributed by atoms with Crippen molar-refractivity contribution in [3.8, 4) is 11.5 Å². The monoisotopic (exact) mass is 385 g/mol. The molecule has 1 N–H and O–H groups in total. The van der Waals surface area contributed by atoms with Gasteiger partial charge in [-0.2, -0.15) is 0 Å². The van der Waals surface area contributed by atoms with Crippen molar-refractivity contribution in [3.63, 3.8) is 0 Å². The number of amides is 1. The van der Waals surface area contributed by atoms with Gasteiger partial charge in [-0.3, -0.25) is 4.79 Å². The van der Waals surface area contributed by atoms with Crippen molar-refractivity contribution in [2.45, 2.75) is 13.0 Å². The second-order valence-electron chi connectivity index (χ2n) is 5.84. The fraction of sp³-hybridized carbons (Fsp3) is 0.190. The van der Waals surface area contributed by atoms with Gasteiger partial charge in [0, 0.05) is 11.6 Å². The van der Waals surface area contributed by atoms with Gasteiger partial charge in [0.1, 0.15) is 12.4 Å². The number of methoxy groups -OCH3 is 1. The average molecular weight is 386 g/mol. The van der Waals surface area contributed by atoms with Crippen LogP contribution in [-0.4, -0.2) is 19.6 Å². The third kappa shape index (κ3) is 5.28. The van der Waals surface area contributed by atoms with Crippen molar-refractivity contribution in [1.82, 2.24) is 5.32 Å². The number of furan rings is 1. The van der Waals surface area contributed by atoms with Gasteiger partial charge in [0.2, 0.25) is 0 Å². The smallest absolute Gasteiger partial charge is 0.287 e. The number of carbonyl (C=O) groups is 1. The van der Waals surface area contributed by atoms with E-state index in [4.69, 9.17) is 25.5 Å². The molecule has 0 atom stereocenters. The van der Waals surface area contributed by atoms with Gasteiger partial charge in [0.25, 0.3) is 5.91 Å². The fourth-order valence-corrected chi connectivity index (χ4v) is 2.78. The van der Waals surface area contributed by atoms with E-state index in [1.54, 1.807) is 19.2 Å². The van der Waals surface area contributed by atoms with Gasteiger partial charge in [-0.05, 0) is 48.4 Å². The summed E-state index contributed by atoms with van der Waals surface area (Å²) in [7, 11) is 1.58. The van der Waals surface area contributed by atoms with Gasteiger partial charge in [-0.1, -0.05) is 35.9 Å². The molecule has 0 fully saturated rings. The number of rotatable bonds is 8. The molecule has 140 valence electrons. The summed E-state index contributed by atoms with van der Waals surface area (Å²) < 4.78 is 16.5. The number of para-hydroxylation sites is 2. The van der Waals surface area contributed by atoms with E-state index in [2.05, 4.69) is 5.32 Å². The topological polar surface area (TPSA) is 60.7 Å². The Morgan fingerprint density at radius 1 is 1.07 bits per heavy atom. The molecule has 0 aliphatic heterocycles. The predicted octanol–water partition coefficient (Wildman–Crippen LogP) is 4.49. The van der Waals surface area contributed by atoms with Gasteiger partial charge in [-0.15, -0.1) is 0 Å². The molecule has 0 bridgehead atoms. The lowest BCUT2D eigenvalue weighted by Crippen LogP contribution is -2.25. The van der Waals surface area contributed by atoms with E-state index in [0.717, 1.165) is 5.56 Å². The second-order valence-corrected chi connectivity index (χ2v) is 6.28. The molecule has 1 heterocycles. The molecule has 0 aliphatic carbocycles. The third-order valence-electron chi connectivity index (χ3n) is 3.91. The highest BCUT2D eigenvalue weighted by Crippen LogP contribution is 2.26. The lowest BCUT2D eigenvalue weighted by Gasteiger charge is -2.08. The largest absolute Gasteiger partial charge is 0.493 e. The summed E-state index contributed by atoms with van der Waals surface area (Å²) in [6.07, 6.45) is 0.691. The third-order valence-corrected chi connectivity index (χ3v) is 4.15. The number of halogens is 1. The lowest BCUT2D eigenvalue weighted by molar-refractivity contribution is 0.0922. The number of ether oxygens (including phenoxy) is 2. The van der Waals surface area contributed by atoms with E-state index in [1.807, 2.05) is 48.5 Å². The fourth-order valence-electron chi connectivity index (χ4n) is 2.56. The first kappa shape index (κ1) is 18.9. The van der Waals surface area contributed by atoms with Crippen LogP contribution in [0.4, 0.5) is 0 Å². The van der Waals surface area contributed by atoms with Crippen LogP contribution in [0, 0.1) is 0 Å². The van der Waals surface area contributed by atoms with Gasteiger partial charge in [-0.25, -0.2) is 0 Å². The molecule has 0 aliphatic rings. The van der Waals surface area contributed by atoms with Crippen LogP contribution >= 0.6 is 11.6 Å². The summed E-state index contributed by atoms with van der Waals surface area (Å²) in [5.41, 5.74) is 1.06. The summed E-state index contributed by atoms with van der Waals surface area (Å²) in [4.78, 5) is 12.2. The Labute approximate surface area is 162 Å². The van der Waals surface area contributed by atoms with Gasteiger partial charge < -0.3 is 19.2 Å². The Bertz CT molecular complexity index is 906. The highest BCUT2D eigenvalue weighted by Gasteiger charge is 2.12. The molecule has 1 amide bonds. The summed E-state index contributed by atoms with van der Waals surface area (Å²) in [6, 6.07) is 18.3. The molecule has 3 aromatic rings. The molecule has 2 aromatic carbocycles. The van der Waals surface area contributed by atoms with Crippen molar-refractivity contribution < 1.29 is 18.7 Å². The van der Waals surface area contributed by atoms with E-state index in [-0.39, 0.29) is 18.3 Å². The van der Waals surface area contributed by atoms with Crippen LogP contribution in [0.25, 0.3) is 0 Å². The molecule has 1 aromatic heterocycles. The molecule has 5 nitrogen and oxygen atoms in total. The Hall–Kier alpha value is -2.92. The molecule has 0 radical (unpaired) electrons. The Balaban J connectivity index is 1.50. The first-order valence-electron chi connectivity index (χ1n) is 8.53. The standard InChI is InChI=1S/C21H20ClNO4/c1-25-18-7-2-3-8-19(18)26-14-17-9-10-20(27-17)21(24)23-12-11-15-5-4-6-16(22)13-15/h2-10,13H,11-12,14H2,1H3,(H,23,24). The number of nitrogens with one attached hydrogen (secondary N) is 1.